The fourth-order valence-corrected chi connectivity index (χ4v) is 3.12. The van der Waals surface area contributed by atoms with Crippen molar-refractivity contribution in [3.8, 4) is 5.75 Å². The maximum absolute atomic E-state index is 12.3. The van der Waals surface area contributed by atoms with Crippen molar-refractivity contribution >= 4 is 52.6 Å². The highest BCUT2D eigenvalue weighted by Crippen LogP contribution is 2.25. The van der Waals surface area contributed by atoms with Gasteiger partial charge in [-0.3, -0.25) is 10.1 Å². The number of ether oxygens (including phenoxy) is 1. The normalized spacial score (nSPS) is 10.4. The second-order valence-electron chi connectivity index (χ2n) is 6.48. The number of anilines is 2. The van der Waals surface area contributed by atoms with Crippen LogP contribution in [0.5, 0.6) is 5.75 Å². The van der Waals surface area contributed by atoms with Crippen LogP contribution in [0.3, 0.4) is 0 Å². The number of carbonyl (C=O) groups excluding carboxylic acids is 2. The number of carboxylic acid groups (broad SMARTS) is 1. The first-order chi connectivity index (χ1) is 15.2. The van der Waals surface area contributed by atoms with Gasteiger partial charge < -0.3 is 25.9 Å². The molecule has 0 radical (unpaired) electrons. The number of carbonyl (C=O) groups is 3. The monoisotopic (exact) mass is 477 g/mol. The molecule has 6 N–H and O–H groups in total. The van der Waals surface area contributed by atoms with Crippen molar-refractivity contribution in [1.82, 2.24) is 9.97 Å². The molecule has 3 aromatic rings. The summed E-state index contributed by atoms with van der Waals surface area (Å²) in [5.41, 5.74) is 6.42. The van der Waals surface area contributed by atoms with Crippen molar-refractivity contribution in [2.24, 2.45) is 5.73 Å². The van der Waals surface area contributed by atoms with Crippen molar-refractivity contribution in [2.75, 3.05) is 17.2 Å². The van der Waals surface area contributed by atoms with E-state index in [0.717, 1.165) is 5.56 Å². The molecule has 0 spiro atoms. The van der Waals surface area contributed by atoms with Gasteiger partial charge in [-0.1, -0.05) is 35.3 Å². The summed E-state index contributed by atoms with van der Waals surface area (Å²) in [7, 11) is 0. The van der Waals surface area contributed by atoms with E-state index in [1.165, 1.54) is 12.1 Å². The van der Waals surface area contributed by atoms with Gasteiger partial charge in [0.15, 0.2) is 12.4 Å². The predicted octanol–water partition coefficient (Wildman–Crippen LogP) is 3.51. The molecule has 0 fully saturated rings. The number of aromatic nitrogens is 2. The molecule has 3 amide bonds. The van der Waals surface area contributed by atoms with Gasteiger partial charge in [-0.25, -0.2) is 14.6 Å². The molecule has 0 saturated carbocycles. The third-order valence-electron chi connectivity index (χ3n) is 4.07. The van der Waals surface area contributed by atoms with Crippen LogP contribution in [0.4, 0.5) is 16.3 Å². The topological polar surface area (TPSA) is 159 Å². The van der Waals surface area contributed by atoms with Gasteiger partial charge in [0.2, 0.25) is 0 Å². The minimum Gasteiger partial charge on any atom is -0.482 e. The molecule has 0 aliphatic heterocycles. The molecule has 0 aliphatic rings. The number of aliphatic carboxylic acids is 1. The molecular formula is C20H17Cl2N5O5. The van der Waals surface area contributed by atoms with E-state index in [-0.39, 0.29) is 23.0 Å². The Hall–Kier alpha value is -3.76. The summed E-state index contributed by atoms with van der Waals surface area (Å²) in [6, 6.07) is 10.5. The first-order valence-corrected chi connectivity index (χ1v) is 9.82. The standard InChI is InChI=1S/C20H17Cl2N5O5/c21-11-3-6-14(13(22)8-11)24-20(31)27-19-17(18(23)30)25-15(26-19)7-10-1-4-12(5-2-10)32-9-16(28)29/h1-6,8H,7,9H2,(H2,23,30)(H,25,26)(H,28,29)(H2,24,27,31). The fourth-order valence-electron chi connectivity index (χ4n) is 2.67. The number of halogens is 2. The lowest BCUT2D eigenvalue weighted by atomic mass is 10.1. The number of hydrogen-bond acceptors (Lipinski definition) is 5. The molecule has 1 heterocycles. The van der Waals surface area contributed by atoms with Crippen molar-refractivity contribution in [1.29, 1.82) is 0 Å². The Morgan fingerprint density at radius 3 is 2.44 bits per heavy atom. The van der Waals surface area contributed by atoms with Crippen molar-refractivity contribution in [3.05, 3.63) is 69.6 Å². The molecule has 32 heavy (non-hydrogen) atoms. The largest absolute Gasteiger partial charge is 0.482 e. The second kappa shape index (κ2) is 10.0. The minimum absolute atomic E-state index is 0.0449. The van der Waals surface area contributed by atoms with E-state index in [1.54, 1.807) is 30.3 Å². The maximum Gasteiger partial charge on any atom is 0.341 e. The average Bonchev–Trinajstić information content (AvgIpc) is 3.12. The summed E-state index contributed by atoms with van der Waals surface area (Å²) in [6.07, 6.45) is 0.284. The van der Waals surface area contributed by atoms with Crippen molar-refractivity contribution < 1.29 is 24.2 Å². The van der Waals surface area contributed by atoms with Crippen LogP contribution in [0.25, 0.3) is 0 Å². The number of benzene rings is 2. The number of aromatic amines is 1. The van der Waals surface area contributed by atoms with E-state index in [9.17, 15) is 14.4 Å². The van der Waals surface area contributed by atoms with Gasteiger partial charge in [0.1, 0.15) is 17.3 Å². The number of carboxylic acids is 1. The minimum atomic E-state index is -1.08. The Morgan fingerprint density at radius 2 is 1.81 bits per heavy atom. The molecule has 0 bridgehead atoms. The van der Waals surface area contributed by atoms with Gasteiger partial charge in [0.05, 0.1) is 10.7 Å². The lowest BCUT2D eigenvalue weighted by Gasteiger charge is -2.08. The smallest absolute Gasteiger partial charge is 0.341 e. The third kappa shape index (κ3) is 6.13. The average molecular weight is 478 g/mol. The number of hydrogen-bond donors (Lipinski definition) is 5. The number of urea groups is 1. The molecule has 0 unspecified atom stereocenters. The van der Waals surface area contributed by atoms with E-state index in [0.29, 0.717) is 22.3 Å². The summed E-state index contributed by atoms with van der Waals surface area (Å²) in [5, 5.41) is 14.3. The van der Waals surface area contributed by atoms with Gasteiger partial charge in [0, 0.05) is 11.4 Å². The number of imidazole rings is 1. The lowest BCUT2D eigenvalue weighted by molar-refractivity contribution is -0.139. The van der Waals surface area contributed by atoms with E-state index < -0.39 is 24.5 Å². The van der Waals surface area contributed by atoms with Crippen LogP contribution in [0.1, 0.15) is 21.9 Å². The highest BCUT2D eigenvalue weighted by Gasteiger charge is 2.18. The molecule has 166 valence electrons. The van der Waals surface area contributed by atoms with Crippen LogP contribution in [0, 0.1) is 0 Å². The summed E-state index contributed by atoms with van der Waals surface area (Å²) in [5.74, 6) is -1.16. The Labute approximate surface area is 191 Å². The van der Waals surface area contributed by atoms with Crippen LogP contribution < -0.4 is 21.1 Å². The first-order valence-electron chi connectivity index (χ1n) is 9.06. The van der Waals surface area contributed by atoms with Crippen LogP contribution in [0.2, 0.25) is 10.0 Å². The summed E-state index contributed by atoms with van der Waals surface area (Å²) in [4.78, 5) is 41.7. The lowest BCUT2D eigenvalue weighted by Crippen LogP contribution is -2.22. The number of amides is 3. The van der Waals surface area contributed by atoms with Crippen LogP contribution >= 0.6 is 23.2 Å². The SMILES string of the molecule is NC(=O)c1[nH]c(Cc2ccc(OCC(=O)O)cc2)nc1NC(=O)Nc1ccc(Cl)cc1Cl. The number of nitrogens with one attached hydrogen (secondary N) is 3. The molecule has 0 saturated heterocycles. The van der Waals surface area contributed by atoms with Gasteiger partial charge in [-0.2, -0.15) is 0 Å². The van der Waals surface area contributed by atoms with Gasteiger partial charge in [-0.05, 0) is 35.9 Å². The molecule has 0 atom stereocenters. The molecular weight excluding hydrogens is 461 g/mol. The molecule has 3 rings (SSSR count). The summed E-state index contributed by atoms with van der Waals surface area (Å²) in [6.45, 7) is -0.447. The fraction of sp³-hybridized carbons (Fsp3) is 0.100. The second-order valence-corrected chi connectivity index (χ2v) is 7.32. The molecule has 0 aliphatic carbocycles. The first kappa shape index (κ1) is 22.9. The van der Waals surface area contributed by atoms with Crippen LogP contribution in [0.15, 0.2) is 42.5 Å². The molecule has 1 aromatic heterocycles. The summed E-state index contributed by atoms with van der Waals surface area (Å²) < 4.78 is 5.08. The van der Waals surface area contributed by atoms with Gasteiger partial charge in [0.25, 0.3) is 5.91 Å². The van der Waals surface area contributed by atoms with Gasteiger partial charge in [-0.15, -0.1) is 0 Å². The van der Waals surface area contributed by atoms with Gasteiger partial charge >= 0.3 is 12.0 Å². The van der Waals surface area contributed by atoms with E-state index >= 15 is 0 Å². The van der Waals surface area contributed by atoms with E-state index in [4.69, 9.17) is 38.8 Å². The Kier molecular flexibility index (Phi) is 7.18. The maximum atomic E-state index is 12.3. The number of nitrogens with two attached hydrogens (primary N) is 1. The highest BCUT2D eigenvalue weighted by atomic mass is 35.5. The van der Waals surface area contributed by atoms with Crippen molar-refractivity contribution in [3.63, 3.8) is 0 Å². The van der Waals surface area contributed by atoms with E-state index in [1.807, 2.05) is 0 Å². The van der Waals surface area contributed by atoms with E-state index in [2.05, 4.69) is 20.6 Å². The Bertz CT molecular complexity index is 1160. The number of H-pyrrole nitrogens is 1. The predicted molar refractivity (Wildman–Crippen MR) is 119 cm³/mol. The number of nitrogens with zero attached hydrogens (tertiary/aromatic N) is 1. The molecule has 12 heteroatoms. The zero-order valence-electron chi connectivity index (χ0n) is 16.3. The Morgan fingerprint density at radius 1 is 1.09 bits per heavy atom. The van der Waals surface area contributed by atoms with Crippen molar-refractivity contribution in [2.45, 2.75) is 6.42 Å². The Balaban J connectivity index is 1.70. The zero-order valence-corrected chi connectivity index (χ0v) is 17.8. The summed E-state index contributed by atoms with van der Waals surface area (Å²) >= 11 is 11.9. The molecule has 10 nitrogen and oxygen atoms in total. The quantitative estimate of drug-likeness (QED) is 0.333. The van der Waals surface area contributed by atoms with Crippen LogP contribution in [-0.2, 0) is 11.2 Å². The zero-order chi connectivity index (χ0) is 23.3. The molecule has 2 aromatic carbocycles. The highest BCUT2D eigenvalue weighted by molar-refractivity contribution is 6.36. The third-order valence-corrected chi connectivity index (χ3v) is 4.62. The number of rotatable bonds is 8. The number of primary amides is 1. The van der Waals surface area contributed by atoms with Crippen LogP contribution in [-0.4, -0.2) is 39.6 Å².